The highest BCUT2D eigenvalue weighted by atomic mass is 79.9. The van der Waals surface area contributed by atoms with E-state index >= 15 is 0 Å². The first-order chi connectivity index (χ1) is 13.5. The van der Waals surface area contributed by atoms with E-state index in [-0.39, 0.29) is 11.6 Å². The molecule has 0 aliphatic heterocycles. The summed E-state index contributed by atoms with van der Waals surface area (Å²) in [6, 6.07) is 16.4. The van der Waals surface area contributed by atoms with Gasteiger partial charge in [-0.25, -0.2) is 8.78 Å². The highest BCUT2D eigenvalue weighted by Crippen LogP contribution is 2.37. The second-order valence-electron chi connectivity index (χ2n) is 6.25. The van der Waals surface area contributed by atoms with Crippen LogP contribution in [0.1, 0.15) is 16.7 Å². The van der Waals surface area contributed by atoms with Gasteiger partial charge in [0.05, 0.1) is 11.6 Å². The fourth-order valence-electron chi connectivity index (χ4n) is 2.70. The largest absolute Gasteiger partial charge is 0.493 e. The maximum Gasteiger partial charge on any atom is 0.175 e. The molecule has 146 valence electrons. The minimum Gasteiger partial charge on any atom is -0.493 e. The van der Waals surface area contributed by atoms with Gasteiger partial charge < -0.3 is 14.8 Å². The molecule has 0 saturated carbocycles. The molecule has 3 nitrogen and oxygen atoms in total. The van der Waals surface area contributed by atoms with Gasteiger partial charge in [-0.05, 0) is 69.0 Å². The molecule has 3 aromatic rings. The van der Waals surface area contributed by atoms with Gasteiger partial charge in [0.15, 0.2) is 11.5 Å². The van der Waals surface area contributed by atoms with Gasteiger partial charge in [-0.3, -0.25) is 0 Å². The fraction of sp³-hybridized carbons (Fsp3) is 0.182. The lowest BCUT2D eigenvalue weighted by Crippen LogP contribution is -2.13. The Bertz CT molecular complexity index is 915. The van der Waals surface area contributed by atoms with Crippen molar-refractivity contribution in [2.45, 2.75) is 19.7 Å². The first-order valence-electron chi connectivity index (χ1n) is 8.74. The van der Waals surface area contributed by atoms with Crippen LogP contribution in [0.3, 0.4) is 0 Å². The zero-order valence-electron chi connectivity index (χ0n) is 15.3. The zero-order chi connectivity index (χ0) is 19.9. The van der Waals surface area contributed by atoms with Crippen LogP contribution in [0.5, 0.6) is 11.5 Å². The van der Waals surface area contributed by atoms with Gasteiger partial charge in [-0.15, -0.1) is 0 Å². The molecule has 3 aromatic carbocycles. The average Bonchev–Trinajstić information content (AvgIpc) is 2.69. The monoisotopic (exact) mass is 447 g/mol. The van der Waals surface area contributed by atoms with Crippen LogP contribution >= 0.6 is 15.9 Å². The highest BCUT2D eigenvalue weighted by molar-refractivity contribution is 9.10. The number of rotatable bonds is 8. The Labute approximate surface area is 171 Å². The summed E-state index contributed by atoms with van der Waals surface area (Å²) in [4.78, 5) is 0. The van der Waals surface area contributed by atoms with Crippen LogP contribution < -0.4 is 14.8 Å². The van der Waals surface area contributed by atoms with E-state index in [2.05, 4.69) is 21.2 Å². The second kappa shape index (κ2) is 9.66. The molecule has 1 N–H and O–H groups in total. The topological polar surface area (TPSA) is 30.5 Å². The predicted octanol–water partition coefficient (Wildman–Crippen LogP) is 5.60. The molecule has 3 rings (SSSR count). The first-order valence-corrected chi connectivity index (χ1v) is 9.53. The van der Waals surface area contributed by atoms with Gasteiger partial charge in [0.25, 0.3) is 0 Å². The number of methoxy groups -OCH3 is 1. The lowest BCUT2D eigenvalue weighted by Gasteiger charge is -2.15. The smallest absolute Gasteiger partial charge is 0.175 e. The SMILES string of the molecule is COc1cc(CNCc2ccc(F)cc2)cc(Br)c1OCc1ccc(F)cc1. The summed E-state index contributed by atoms with van der Waals surface area (Å²) in [7, 11) is 1.59. The summed E-state index contributed by atoms with van der Waals surface area (Å²) >= 11 is 3.53. The molecule has 28 heavy (non-hydrogen) atoms. The summed E-state index contributed by atoms with van der Waals surface area (Å²) in [5.41, 5.74) is 2.88. The summed E-state index contributed by atoms with van der Waals surface area (Å²) in [5.74, 6) is 0.679. The standard InChI is InChI=1S/C22H20BrF2NO2/c1-27-21-11-17(13-26-12-15-2-6-18(24)7-3-15)10-20(23)22(21)28-14-16-4-8-19(25)9-5-16/h2-11,26H,12-14H2,1H3. The van der Waals surface area contributed by atoms with Crippen LogP contribution in [0.15, 0.2) is 65.1 Å². The second-order valence-corrected chi connectivity index (χ2v) is 7.11. The van der Waals surface area contributed by atoms with E-state index in [4.69, 9.17) is 9.47 Å². The Kier molecular flexibility index (Phi) is 7.01. The average molecular weight is 448 g/mol. The number of benzene rings is 3. The summed E-state index contributed by atoms with van der Waals surface area (Å²) < 4.78 is 38.1. The number of nitrogens with one attached hydrogen (secondary N) is 1. The maximum atomic E-state index is 13.0. The lowest BCUT2D eigenvalue weighted by atomic mass is 10.1. The predicted molar refractivity (Wildman–Crippen MR) is 108 cm³/mol. The third-order valence-corrected chi connectivity index (χ3v) is 4.75. The van der Waals surface area contributed by atoms with Crippen molar-refractivity contribution in [3.63, 3.8) is 0 Å². The molecule has 0 aliphatic carbocycles. The molecule has 0 radical (unpaired) electrons. The first kappa shape index (κ1) is 20.3. The minimum absolute atomic E-state index is 0.242. The molecule has 6 heteroatoms. The molecule has 0 aliphatic rings. The van der Waals surface area contributed by atoms with Crippen molar-refractivity contribution in [2.24, 2.45) is 0 Å². The molecule has 0 bridgehead atoms. The van der Waals surface area contributed by atoms with E-state index in [0.29, 0.717) is 31.2 Å². The number of halogens is 3. The van der Waals surface area contributed by atoms with Crippen LogP contribution in [0.4, 0.5) is 8.78 Å². The fourth-order valence-corrected chi connectivity index (χ4v) is 3.31. The molecular weight excluding hydrogens is 428 g/mol. The Morgan fingerprint density at radius 3 is 2.00 bits per heavy atom. The van der Waals surface area contributed by atoms with Crippen LogP contribution in [0, 0.1) is 11.6 Å². The van der Waals surface area contributed by atoms with Gasteiger partial charge in [0.1, 0.15) is 18.2 Å². The maximum absolute atomic E-state index is 13.0. The lowest BCUT2D eigenvalue weighted by molar-refractivity contribution is 0.282. The van der Waals surface area contributed by atoms with Crippen molar-refractivity contribution in [1.82, 2.24) is 5.32 Å². The van der Waals surface area contributed by atoms with Gasteiger partial charge >= 0.3 is 0 Å². The molecule has 0 heterocycles. The summed E-state index contributed by atoms with van der Waals surface area (Å²) in [6.07, 6.45) is 0. The van der Waals surface area contributed by atoms with Crippen molar-refractivity contribution in [1.29, 1.82) is 0 Å². The Balaban J connectivity index is 1.63. The normalized spacial score (nSPS) is 10.7. The van der Waals surface area contributed by atoms with Crippen LogP contribution in [-0.2, 0) is 19.7 Å². The minimum atomic E-state index is -0.278. The van der Waals surface area contributed by atoms with E-state index in [0.717, 1.165) is 21.2 Å². The Hall–Kier alpha value is -2.44. The van der Waals surface area contributed by atoms with Gasteiger partial charge in [0.2, 0.25) is 0 Å². The van der Waals surface area contributed by atoms with E-state index in [1.165, 1.54) is 24.3 Å². The van der Waals surface area contributed by atoms with Crippen LogP contribution in [-0.4, -0.2) is 7.11 Å². The molecule has 0 spiro atoms. The molecule has 0 atom stereocenters. The van der Waals surface area contributed by atoms with Gasteiger partial charge in [0, 0.05) is 13.1 Å². The van der Waals surface area contributed by atoms with E-state index in [1.807, 2.05) is 12.1 Å². The number of hydrogen-bond acceptors (Lipinski definition) is 3. The molecule has 0 unspecified atom stereocenters. The van der Waals surface area contributed by atoms with Crippen molar-refractivity contribution >= 4 is 15.9 Å². The summed E-state index contributed by atoms with van der Waals surface area (Å²) in [5, 5.41) is 3.32. The Morgan fingerprint density at radius 2 is 1.39 bits per heavy atom. The third-order valence-electron chi connectivity index (χ3n) is 4.16. The zero-order valence-corrected chi connectivity index (χ0v) is 16.9. The van der Waals surface area contributed by atoms with Crippen molar-refractivity contribution in [2.75, 3.05) is 7.11 Å². The molecule has 0 aromatic heterocycles. The van der Waals surface area contributed by atoms with Crippen molar-refractivity contribution in [3.05, 3.63) is 93.5 Å². The quantitative estimate of drug-likeness (QED) is 0.487. The van der Waals surface area contributed by atoms with E-state index < -0.39 is 0 Å². The van der Waals surface area contributed by atoms with Crippen molar-refractivity contribution < 1.29 is 18.3 Å². The molecular formula is C22H20BrF2NO2. The summed E-state index contributed by atoms with van der Waals surface area (Å²) in [6.45, 7) is 1.55. The highest BCUT2D eigenvalue weighted by Gasteiger charge is 2.12. The van der Waals surface area contributed by atoms with Gasteiger partial charge in [-0.1, -0.05) is 24.3 Å². The Morgan fingerprint density at radius 1 is 0.821 bits per heavy atom. The third kappa shape index (κ3) is 5.53. The molecule has 0 fully saturated rings. The van der Waals surface area contributed by atoms with Crippen molar-refractivity contribution in [3.8, 4) is 11.5 Å². The number of hydrogen-bond donors (Lipinski definition) is 1. The van der Waals surface area contributed by atoms with E-state index in [1.54, 1.807) is 31.4 Å². The van der Waals surface area contributed by atoms with Gasteiger partial charge in [-0.2, -0.15) is 0 Å². The van der Waals surface area contributed by atoms with Crippen LogP contribution in [0.25, 0.3) is 0 Å². The van der Waals surface area contributed by atoms with E-state index in [9.17, 15) is 8.78 Å². The molecule has 0 saturated heterocycles. The number of ether oxygens (including phenoxy) is 2. The van der Waals surface area contributed by atoms with Crippen LogP contribution in [0.2, 0.25) is 0 Å². The molecule has 0 amide bonds.